The van der Waals surface area contributed by atoms with E-state index in [1.165, 1.54) is 7.11 Å². The monoisotopic (exact) mass is 463 g/mol. The van der Waals surface area contributed by atoms with Crippen molar-refractivity contribution in [2.45, 2.75) is 33.4 Å². The van der Waals surface area contributed by atoms with Crippen LogP contribution in [0.5, 0.6) is 0 Å². The van der Waals surface area contributed by atoms with Crippen molar-refractivity contribution in [3.8, 4) is 0 Å². The number of esters is 1. The van der Waals surface area contributed by atoms with Crippen LogP contribution in [0.3, 0.4) is 0 Å². The number of ether oxygens (including phenoxy) is 1. The number of carbonyl (C=O) groups excluding carboxylic acids is 2. The standard InChI is InChI=1S/C19H22BrN5O4/c1-4-25-15(8-11(2)23-25)17(27)22-19-21-14-10-12(18(28)29-3)9-13(20)16(14)24(19)6-5-7-26/h8-10,26H,4-7H2,1-3H3,(H,21,22,27). The third-order valence-electron chi connectivity index (χ3n) is 4.42. The van der Waals surface area contributed by atoms with Gasteiger partial charge in [0.15, 0.2) is 0 Å². The molecule has 3 aromatic rings. The zero-order valence-corrected chi connectivity index (χ0v) is 18.0. The van der Waals surface area contributed by atoms with Gasteiger partial charge in [-0.1, -0.05) is 0 Å². The van der Waals surface area contributed by atoms with Gasteiger partial charge in [-0.2, -0.15) is 5.10 Å². The molecule has 29 heavy (non-hydrogen) atoms. The van der Waals surface area contributed by atoms with Crippen LogP contribution in [0.4, 0.5) is 5.95 Å². The SMILES string of the molecule is CCn1nc(C)cc1C(=O)Nc1nc2cc(C(=O)OC)cc(Br)c2n1CCCO. The van der Waals surface area contributed by atoms with Crippen LogP contribution in [0.25, 0.3) is 11.0 Å². The summed E-state index contributed by atoms with van der Waals surface area (Å²) in [7, 11) is 1.31. The number of aryl methyl sites for hydroxylation is 3. The smallest absolute Gasteiger partial charge is 0.337 e. The normalized spacial score (nSPS) is 11.1. The van der Waals surface area contributed by atoms with Crippen molar-refractivity contribution < 1.29 is 19.4 Å². The first-order valence-electron chi connectivity index (χ1n) is 9.14. The number of nitrogens with one attached hydrogen (secondary N) is 1. The number of halogens is 1. The largest absolute Gasteiger partial charge is 0.465 e. The summed E-state index contributed by atoms with van der Waals surface area (Å²) in [4.78, 5) is 29.3. The quantitative estimate of drug-likeness (QED) is 0.521. The van der Waals surface area contributed by atoms with E-state index in [9.17, 15) is 14.7 Å². The number of aliphatic hydroxyl groups excluding tert-OH is 1. The minimum Gasteiger partial charge on any atom is -0.465 e. The van der Waals surface area contributed by atoms with Crippen LogP contribution >= 0.6 is 15.9 Å². The highest BCUT2D eigenvalue weighted by atomic mass is 79.9. The Bertz CT molecular complexity index is 1070. The molecule has 0 aliphatic heterocycles. The van der Waals surface area contributed by atoms with Crippen molar-refractivity contribution in [1.82, 2.24) is 19.3 Å². The Kier molecular flexibility index (Phi) is 6.33. The van der Waals surface area contributed by atoms with Crippen molar-refractivity contribution in [3.05, 3.63) is 39.6 Å². The van der Waals surface area contributed by atoms with Gasteiger partial charge in [0.2, 0.25) is 5.95 Å². The fourth-order valence-electron chi connectivity index (χ4n) is 3.13. The molecule has 1 aromatic carbocycles. The average Bonchev–Trinajstić information content (AvgIpc) is 3.25. The van der Waals surface area contributed by atoms with Crippen molar-refractivity contribution in [2.24, 2.45) is 0 Å². The highest BCUT2D eigenvalue weighted by Crippen LogP contribution is 2.30. The maximum atomic E-state index is 12.9. The van der Waals surface area contributed by atoms with Crippen molar-refractivity contribution >= 4 is 44.8 Å². The molecule has 0 fully saturated rings. The molecule has 0 atom stereocenters. The lowest BCUT2D eigenvalue weighted by Crippen LogP contribution is -2.20. The molecule has 154 valence electrons. The number of anilines is 1. The highest BCUT2D eigenvalue weighted by molar-refractivity contribution is 9.10. The van der Waals surface area contributed by atoms with E-state index in [0.29, 0.717) is 52.2 Å². The molecule has 0 aliphatic rings. The molecule has 0 bridgehead atoms. The molecule has 0 saturated heterocycles. The summed E-state index contributed by atoms with van der Waals surface area (Å²) in [6, 6.07) is 4.97. The highest BCUT2D eigenvalue weighted by Gasteiger charge is 2.20. The number of imidazole rings is 1. The first-order valence-corrected chi connectivity index (χ1v) is 9.93. The molecular formula is C19H22BrN5O4. The Morgan fingerprint density at radius 1 is 1.31 bits per heavy atom. The molecule has 3 rings (SSSR count). The average molecular weight is 464 g/mol. The van der Waals surface area contributed by atoms with Crippen LogP contribution in [-0.2, 0) is 17.8 Å². The second-order valence-electron chi connectivity index (χ2n) is 6.42. The van der Waals surface area contributed by atoms with Gasteiger partial charge in [-0.25, -0.2) is 9.78 Å². The molecule has 1 amide bonds. The van der Waals surface area contributed by atoms with Crippen molar-refractivity contribution in [2.75, 3.05) is 19.0 Å². The Morgan fingerprint density at radius 2 is 2.07 bits per heavy atom. The van der Waals surface area contributed by atoms with Gasteiger partial charge in [-0.3, -0.25) is 14.8 Å². The van der Waals surface area contributed by atoms with Crippen LogP contribution in [0.2, 0.25) is 0 Å². The van der Waals surface area contributed by atoms with Crippen molar-refractivity contribution in [3.63, 3.8) is 0 Å². The number of nitrogens with zero attached hydrogens (tertiary/aromatic N) is 4. The number of aliphatic hydroxyl groups is 1. The predicted molar refractivity (Wildman–Crippen MR) is 111 cm³/mol. The van der Waals surface area contributed by atoms with Gasteiger partial charge in [0.1, 0.15) is 5.69 Å². The van der Waals surface area contributed by atoms with Crippen molar-refractivity contribution in [1.29, 1.82) is 0 Å². The maximum absolute atomic E-state index is 12.9. The molecule has 2 N–H and O–H groups in total. The number of methoxy groups -OCH3 is 1. The fraction of sp³-hybridized carbons (Fsp3) is 0.368. The number of hydrogen-bond acceptors (Lipinski definition) is 6. The summed E-state index contributed by atoms with van der Waals surface area (Å²) in [6.07, 6.45) is 0.478. The lowest BCUT2D eigenvalue weighted by Gasteiger charge is -2.11. The number of rotatable bonds is 7. The Hall–Kier alpha value is -2.72. The molecule has 0 saturated carbocycles. The number of amides is 1. The lowest BCUT2D eigenvalue weighted by atomic mass is 10.2. The van der Waals surface area contributed by atoms with E-state index in [4.69, 9.17) is 4.74 Å². The summed E-state index contributed by atoms with van der Waals surface area (Å²) in [5.41, 5.74) is 2.75. The van der Waals surface area contributed by atoms with E-state index >= 15 is 0 Å². The van der Waals surface area contributed by atoms with Crippen LogP contribution in [0, 0.1) is 6.92 Å². The van der Waals surface area contributed by atoms with Gasteiger partial charge in [-0.05, 0) is 54.4 Å². The summed E-state index contributed by atoms with van der Waals surface area (Å²) in [6.45, 7) is 4.72. The Balaban J connectivity index is 2.06. The molecule has 9 nitrogen and oxygen atoms in total. The number of aromatic nitrogens is 4. The second-order valence-corrected chi connectivity index (χ2v) is 7.28. The van der Waals surface area contributed by atoms with E-state index in [2.05, 4.69) is 31.3 Å². The van der Waals surface area contributed by atoms with Gasteiger partial charge in [-0.15, -0.1) is 0 Å². The summed E-state index contributed by atoms with van der Waals surface area (Å²) in [5.74, 6) is -0.495. The third kappa shape index (κ3) is 4.18. The zero-order chi connectivity index (χ0) is 21.1. The zero-order valence-electron chi connectivity index (χ0n) is 16.4. The summed E-state index contributed by atoms with van der Waals surface area (Å²) in [5, 5.41) is 16.4. The number of fused-ring (bicyclic) bond motifs is 1. The van der Waals surface area contributed by atoms with Gasteiger partial charge in [0, 0.05) is 24.2 Å². The fourth-order valence-corrected chi connectivity index (χ4v) is 3.79. The van der Waals surface area contributed by atoms with Crippen LogP contribution < -0.4 is 5.32 Å². The lowest BCUT2D eigenvalue weighted by molar-refractivity contribution is 0.0600. The number of carbonyl (C=O) groups is 2. The van der Waals surface area contributed by atoms with Gasteiger partial charge in [0.05, 0.1) is 29.4 Å². The predicted octanol–water partition coefficient (Wildman–Crippen LogP) is 2.74. The van der Waals surface area contributed by atoms with Gasteiger partial charge < -0.3 is 14.4 Å². The van der Waals surface area contributed by atoms with Crippen LogP contribution in [-0.4, -0.2) is 50.0 Å². The Morgan fingerprint density at radius 3 is 2.72 bits per heavy atom. The minimum absolute atomic E-state index is 0.00722. The summed E-state index contributed by atoms with van der Waals surface area (Å²) < 4.78 is 8.84. The van der Waals surface area contributed by atoms with Crippen LogP contribution in [0.15, 0.2) is 22.7 Å². The Labute approximate surface area is 175 Å². The molecule has 2 heterocycles. The first kappa shape index (κ1) is 21.0. The number of hydrogen-bond donors (Lipinski definition) is 2. The molecule has 0 radical (unpaired) electrons. The van der Waals surface area contributed by atoms with Gasteiger partial charge >= 0.3 is 5.97 Å². The molecule has 0 unspecified atom stereocenters. The van der Waals surface area contributed by atoms with E-state index in [1.54, 1.807) is 27.4 Å². The van der Waals surface area contributed by atoms with E-state index in [-0.39, 0.29) is 12.5 Å². The van der Waals surface area contributed by atoms with E-state index in [1.807, 2.05) is 13.8 Å². The topological polar surface area (TPSA) is 111 Å². The molecule has 10 heteroatoms. The summed E-state index contributed by atoms with van der Waals surface area (Å²) >= 11 is 3.48. The van der Waals surface area contributed by atoms with Gasteiger partial charge in [0.25, 0.3) is 5.91 Å². The number of benzene rings is 1. The third-order valence-corrected chi connectivity index (χ3v) is 5.02. The molecular weight excluding hydrogens is 442 g/mol. The maximum Gasteiger partial charge on any atom is 0.337 e. The molecule has 2 aromatic heterocycles. The first-order chi connectivity index (χ1) is 13.9. The second kappa shape index (κ2) is 8.75. The van der Waals surface area contributed by atoms with E-state index < -0.39 is 5.97 Å². The molecule has 0 spiro atoms. The van der Waals surface area contributed by atoms with Crippen LogP contribution in [0.1, 0.15) is 39.9 Å². The molecule has 0 aliphatic carbocycles. The minimum atomic E-state index is -0.481. The van der Waals surface area contributed by atoms with E-state index in [0.717, 1.165) is 5.69 Å².